The maximum Gasteiger partial charge on any atom is 0.238 e. The molecule has 23 heavy (non-hydrogen) atoms. The standard InChI is InChI=1S/C14H17N7O2/c1-22-7-6-21-11-8-9(2-3-10(11)18-20-21)14-17-13(19-23-14)12-15-4-5-16-12/h4-5,9H,2-3,6-8H2,1H3,(H,15,16). The van der Waals surface area contributed by atoms with Gasteiger partial charge in [0.2, 0.25) is 11.7 Å². The first-order chi connectivity index (χ1) is 11.3. The molecule has 3 heterocycles. The summed E-state index contributed by atoms with van der Waals surface area (Å²) in [5.41, 5.74) is 2.19. The van der Waals surface area contributed by atoms with E-state index in [9.17, 15) is 0 Å². The van der Waals surface area contributed by atoms with E-state index in [4.69, 9.17) is 9.26 Å². The molecule has 1 aliphatic rings. The molecule has 0 fully saturated rings. The maximum atomic E-state index is 5.44. The first-order valence-corrected chi connectivity index (χ1v) is 7.58. The van der Waals surface area contributed by atoms with Crippen LogP contribution in [0, 0.1) is 0 Å². The van der Waals surface area contributed by atoms with Gasteiger partial charge in [0.15, 0.2) is 5.82 Å². The van der Waals surface area contributed by atoms with Crippen LogP contribution in [-0.4, -0.2) is 48.8 Å². The lowest BCUT2D eigenvalue weighted by atomic mass is 9.89. The van der Waals surface area contributed by atoms with Crippen molar-refractivity contribution in [2.75, 3.05) is 13.7 Å². The van der Waals surface area contributed by atoms with Crippen LogP contribution in [0.3, 0.4) is 0 Å². The molecular formula is C14H17N7O2. The van der Waals surface area contributed by atoms with Crippen LogP contribution in [0.2, 0.25) is 0 Å². The summed E-state index contributed by atoms with van der Waals surface area (Å²) >= 11 is 0. The Morgan fingerprint density at radius 1 is 1.48 bits per heavy atom. The molecule has 0 aromatic carbocycles. The molecule has 0 spiro atoms. The zero-order valence-electron chi connectivity index (χ0n) is 12.8. The van der Waals surface area contributed by atoms with Crippen molar-refractivity contribution in [3.8, 4) is 11.6 Å². The van der Waals surface area contributed by atoms with Crippen molar-refractivity contribution in [3.63, 3.8) is 0 Å². The first-order valence-electron chi connectivity index (χ1n) is 7.58. The van der Waals surface area contributed by atoms with Crippen molar-refractivity contribution < 1.29 is 9.26 Å². The van der Waals surface area contributed by atoms with E-state index in [1.807, 2.05) is 4.68 Å². The van der Waals surface area contributed by atoms with Crippen LogP contribution in [0.1, 0.15) is 29.6 Å². The fraction of sp³-hybridized carbons (Fsp3) is 0.500. The normalized spacial score (nSPS) is 17.3. The van der Waals surface area contributed by atoms with Crippen LogP contribution in [-0.2, 0) is 24.1 Å². The van der Waals surface area contributed by atoms with E-state index in [2.05, 4.69) is 30.4 Å². The summed E-state index contributed by atoms with van der Waals surface area (Å²) in [5, 5.41) is 12.5. The van der Waals surface area contributed by atoms with Gasteiger partial charge in [0.1, 0.15) is 0 Å². The minimum absolute atomic E-state index is 0.179. The summed E-state index contributed by atoms with van der Waals surface area (Å²) in [4.78, 5) is 11.6. The average Bonchev–Trinajstić information content (AvgIpc) is 3.31. The number of methoxy groups -OCH3 is 1. The molecule has 0 saturated carbocycles. The molecule has 0 bridgehead atoms. The highest BCUT2D eigenvalue weighted by Crippen LogP contribution is 2.31. The molecule has 0 amide bonds. The van der Waals surface area contributed by atoms with Gasteiger partial charge in [-0.15, -0.1) is 5.10 Å². The summed E-state index contributed by atoms with van der Waals surface area (Å²) in [5.74, 6) is 1.92. The van der Waals surface area contributed by atoms with E-state index in [1.54, 1.807) is 19.5 Å². The summed E-state index contributed by atoms with van der Waals surface area (Å²) < 4.78 is 12.5. The minimum Gasteiger partial charge on any atom is -0.383 e. The second-order valence-corrected chi connectivity index (χ2v) is 5.53. The number of hydrogen-bond donors (Lipinski definition) is 1. The van der Waals surface area contributed by atoms with Crippen LogP contribution < -0.4 is 0 Å². The van der Waals surface area contributed by atoms with Gasteiger partial charge in [0.25, 0.3) is 0 Å². The van der Waals surface area contributed by atoms with Gasteiger partial charge >= 0.3 is 0 Å². The molecule has 9 nitrogen and oxygen atoms in total. The van der Waals surface area contributed by atoms with Gasteiger partial charge in [0, 0.05) is 31.8 Å². The summed E-state index contributed by atoms with van der Waals surface area (Å²) in [6.07, 6.45) is 5.99. The molecule has 1 atom stereocenters. The van der Waals surface area contributed by atoms with Crippen molar-refractivity contribution in [1.29, 1.82) is 0 Å². The Hall–Kier alpha value is -2.55. The molecular weight excluding hydrogens is 298 g/mol. The van der Waals surface area contributed by atoms with Crippen LogP contribution in [0.5, 0.6) is 0 Å². The molecule has 3 aromatic rings. The van der Waals surface area contributed by atoms with Gasteiger partial charge in [0.05, 0.1) is 24.5 Å². The van der Waals surface area contributed by atoms with Crippen molar-refractivity contribution in [3.05, 3.63) is 29.7 Å². The van der Waals surface area contributed by atoms with Crippen LogP contribution in [0.4, 0.5) is 0 Å². The third kappa shape index (κ3) is 2.63. The van der Waals surface area contributed by atoms with Crippen LogP contribution in [0.25, 0.3) is 11.6 Å². The SMILES string of the molecule is COCCn1nnc2c1CC(c1nc(-c3ncc[nH]3)no1)CC2. The Balaban J connectivity index is 1.54. The smallest absolute Gasteiger partial charge is 0.238 e. The predicted molar refractivity (Wildman–Crippen MR) is 78.5 cm³/mol. The van der Waals surface area contributed by atoms with Gasteiger partial charge in [-0.3, -0.25) is 0 Å². The number of aryl methyl sites for hydroxylation is 1. The molecule has 1 unspecified atom stereocenters. The third-order valence-electron chi connectivity index (χ3n) is 4.10. The molecule has 0 radical (unpaired) electrons. The van der Waals surface area contributed by atoms with Crippen LogP contribution in [0.15, 0.2) is 16.9 Å². The maximum absolute atomic E-state index is 5.44. The number of fused-ring (bicyclic) bond motifs is 1. The number of imidazole rings is 1. The second-order valence-electron chi connectivity index (χ2n) is 5.53. The molecule has 3 aromatic heterocycles. The fourth-order valence-corrected chi connectivity index (χ4v) is 2.89. The fourth-order valence-electron chi connectivity index (χ4n) is 2.89. The first kappa shape index (κ1) is 14.1. The van der Waals surface area contributed by atoms with E-state index in [1.165, 1.54) is 0 Å². The zero-order chi connectivity index (χ0) is 15.6. The molecule has 9 heteroatoms. The monoisotopic (exact) mass is 315 g/mol. The van der Waals surface area contributed by atoms with Crippen molar-refractivity contribution >= 4 is 0 Å². The summed E-state index contributed by atoms with van der Waals surface area (Å²) in [6.45, 7) is 1.32. The highest BCUT2D eigenvalue weighted by Gasteiger charge is 2.29. The van der Waals surface area contributed by atoms with Gasteiger partial charge in [-0.05, 0) is 12.8 Å². The molecule has 4 rings (SSSR count). The predicted octanol–water partition coefficient (Wildman–Crippen LogP) is 0.970. The number of ether oxygens (including phenoxy) is 1. The van der Waals surface area contributed by atoms with Gasteiger partial charge in [-0.25, -0.2) is 9.67 Å². The molecule has 120 valence electrons. The molecule has 1 N–H and O–H groups in total. The van der Waals surface area contributed by atoms with E-state index >= 15 is 0 Å². The number of H-pyrrole nitrogens is 1. The number of nitrogens with one attached hydrogen (secondary N) is 1. The molecule has 0 saturated heterocycles. The van der Waals surface area contributed by atoms with E-state index in [-0.39, 0.29) is 5.92 Å². The number of aromatic nitrogens is 7. The van der Waals surface area contributed by atoms with E-state index in [0.29, 0.717) is 30.7 Å². The lowest BCUT2D eigenvalue weighted by Crippen LogP contribution is -2.18. The van der Waals surface area contributed by atoms with Gasteiger partial charge in [-0.2, -0.15) is 4.98 Å². The number of hydrogen-bond acceptors (Lipinski definition) is 7. The Morgan fingerprint density at radius 3 is 3.26 bits per heavy atom. The van der Waals surface area contributed by atoms with Crippen LogP contribution >= 0.6 is 0 Å². The second kappa shape index (κ2) is 5.92. The minimum atomic E-state index is 0.179. The Kier molecular flexibility index (Phi) is 3.62. The Bertz CT molecular complexity index is 777. The lowest BCUT2D eigenvalue weighted by Gasteiger charge is -2.18. The number of aromatic amines is 1. The quantitative estimate of drug-likeness (QED) is 0.747. The average molecular weight is 315 g/mol. The Labute approximate surface area is 132 Å². The zero-order valence-corrected chi connectivity index (χ0v) is 12.8. The van der Waals surface area contributed by atoms with Crippen molar-refractivity contribution in [1.82, 2.24) is 35.1 Å². The summed E-state index contributed by atoms with van der Waals surface area (Å²) in [7, 11) is 1.68. The van der Waals surface area contributed by atoms with E-state index in [0.717, 1.165) is 30.7 Å². The lowest BCUT2D eigenvalue weighted by molar-refractivity contribution is 0.181. The van der Waals surface area contributed by atoms with Gasteiger partial charge < -0.3 is 14.2 Å². The highest BCUT2D eigenvalue weighted by molar-refractivity contribution is 5.41. The van der Waals surface area contributed by atoms with Gasteiger partial charge in [-0.1, -0.05) is 10.4 Å². The molecule has 0 aliphatic heterocycles. The third-order valence-corrected chi connectivity index (χ3v) is 4.10. The van der Waals surface area contributed by atoms with Crippen molar-refractivity contribution in [2.45, 2.75) is 31.7 Å². The highest BCUT2D eigenvalue weighted by atomic mass is 16.5. The molecule has 1 aliphatic carbocycles. The Morgan fingerprint density at radius 2 is 2.43 bits per heavy atom. The van der Waals surface area contributed by atoms with Crippen molar-refractivity contribution in [2.24, 2.45) is 0 Å². The van der Waals surface area contributed by atoms with E-state index < -0.39 is 0 Å². The topological polar surface area (TPSA) is 108 Å². The number of rotatable bonds is 5. The largest absolute Gasteiger partial charge is 0.383 e. The number of nitrogens with zero attached hydrogens (tertiary/aromatic N) is 6. The summed E-state index contributed by atoms with van der Waals surface area (Å²) in [6, 6.07) is 0.